The summed E-state index contributed by atoms with van der Waals surface area (Å²) >= 11 is 0. The number of carbonyl (C=O) groups excluding carboxylic acids is 1. The molecule has 1 unspecified atom stereocenters. The molecule has 0 saturated carbocycles. The molecule has 1 rings (SSSR count). The largest absolute Gasteiger partial charge is 0.481 e. The molecule has 0 spiro atoms. The van der Waals surface area contributed by atoms with Crippen molar-refractivity contribution in [2.24, 2.45) is 5.92 Å². The molecule has 1 aromatic heterocycles. The average Bonchev–Trinajstić information content (AvgIpc) is 2.87. The smallest absolute Gasteiger partial charge is 0.314 e. The molecule has 106 valence electrons. The third-order valence-corrected chi connectivity index (χ3v) is 2.49. The summed E-state index contributed by atoms with van der Waals surface area (Å²) in [6, 6.07) is -0.290. The van der Waals surface area contributed by atoms with E-state index in [0.717, 1.165) is 0 Å². The molecule has 0 aliphatic carbocycles. The molecule has 2 amide bonds. The number of carbonyl (C=O) groups is 2. The number of carboxylic acids is 1. The van der Waals surface area contributed by atoms with E-state index in [0.29, 0.717) is 31.8 Å². The Hall–Kier alpha value is -2.12. The lowest BCUT2D eigenvalue weighted by atomic mass is 10.1. The first-order chi connectivity index (χ1) is 9.08. The van der Waals surface area contributed by atoms with Crippen LogP contribution in [0.2, 0.25) is 0 Å². The summed E-state index contributed by atoms with van der Waals surface area (Å²) in [6.45, 7) is 2.73. The van der Waals surface area contributed by atoms with Gasteiger partial charge in [-0.15, -0.1) is 0 Å². The van der Waals surface area contributed by atoms with E-state index in [9.17, 15) is 9.59 Å². The van der Waals surface area contributed by atoms with Gasteiger partial charge in [0, 0.05) is 25.9 Å². The maximum absolute atomic E-state index is 11.4. The van der Waals surface area contributed by atoms with Crippen LogP contribution >= 0.6 is 0 Å². The van der Waals surface area contributed by atoms with Crippen LogP contribution in [0.15, 0.2) is 10.9 Å². The molecule has 1 atom stereocenters. The van der Waals surface area contributed by atoms with Crippen LogP contribution in [0.4, 0.5) is 4.79 Å². The van der Waals surface area contributed by atoms with Crippen molar-refractivity contribution in [3.05, 3.63) is 12.2 Å². The first-order valence-corrected chi connectivity index (χ1v) is 6.07. The van der Waals surface area contributed by atoms with E-state index in [4.69, 9.17) is 9.63 Å². The molecule has 0 bridgehead atoms. The molecule has 1 heterocycles. The number of urea groups is 1. The van der Waals surface area contributed by atoms with E-state index in [1.54, 1.807) is 0 Å². The van der Waals surface area contributed by atoms with Gasteiger partial charge in [-0.3, -0.25) is 4.79 Å². The van der Waals surface area contributed by atoms with Gasteiger partial charge in [0.05, 0.1) is 0 Å². The van der Waals surface area contributed by atoms with Crippen LogP contribution in [0.25, 0.3) is 0 Å². The van der Waals surface area contributed by atoms with Crippen molar-refractivity contribution >= 4 is 12.0 Å². The summed E-state index contributed by atoms with van der Waals surface area (Å²) in [7, 11) is 0. The van der Waals surface area contributed by atoms with E-state index in [1.807, 2.05) is 6.92 Å². The van der Waals surface area contributed by atoms with Crippen LogP contribution in [-0.2, 0) is 11.2 Å². The zero-order valence-electron chi connectivity index (χ0n) is 10.8. The van der Waals surface area contributed by atoms with Gasteiger partial charge in [-0.2, -0.15) is 4.98 Å². The summed E-state index contributed by atoms with van der Waals surface area (Å²) in [5.74, 6) is -0.233. The number of nitrogens with one attached hydrogen (secondary N) is 2. The minimum Gasteiger partial charge on any atom is -0.481 e. The quantitative estimate of drug-likeness (QED) is 0.630. The van der Waals surface area contributed by atoms with Crippen molar-refractivity contribution in [3.8, 4) is 0 Å². The van der Waals surface area contributed by atoms with Crippen molar-refractivity contribution in [3.63, 3.8) is 0 Å². The number of aliphatic carboxylic acids is 1. The van der Waals surface area contributed by atoms with E-state index >= 15 is 0 Å². The minimum atomic E-state index is -0.823. The van der Waals surface area contributed by atoms with Crippen molar-refractivity contribution in [2.45, 2.75) is 26.2 Å². The maximum atomic E-state index is 11.4. The van der Waals surface area contributed by atoms with E-state index in [2.05, 4.69) is 20.8 Å². The lowest BCUT2D eigenvalue weighted by Gasteiger charge is -2.11. The number of carboxylic acid groups (broad SMARTS) is 1. The van der Waals surface area contributed by atoms with Crippen molar-refractivity contribution in [1.29, 1.82) is 0 Å². The molecule has 0 aromatic carbocycles. The van der Waals surface area contributed by atoms with Gasteiger partial charge in [-0.1, -0.05) is 12.1 Å². The van der Waals surface area contributed by atoms with Crippen molar-refractivity contribution < 1.29 is 19.2 Å². The average molecular weight is 270 g/mol. The van der Waals surface area contributed by atoms with Crippen LogP contribution in [0.5, 0.6) is 0 Å². The number of rotatable bonds is 8. The van der Waals surface area contributed by atoms with Crippen LogP contribution in [0.3, 0.4) is 0 Å². The van der Waals surface area contributed by atoms with Crippen LogP contribution < -0.4 is 10.6 Å². The van der Waals surface area contributed by atoms with Gasteiger partial charge >= 0.3 is 12.0 Å². The highest BCUT2D eigenvalue weighted by molar-refractivity contribution is 5.73. The first kappa shape index (κ1) is 14.9. The van der Waals surface area contributed by atoms with Crippen LogP contribution in [0, 0.1) is 5.92 Å². The van der Waals surface area contributed by atoms with Gasteiger partial charge in [0.2, 0.25) is 5.89 Å². The maximum Gasteiger partial charge on any atom is 0.314 e. The molecule has 3 N–H and O–H groups in total. The van der Waals surface area contributed by atoms with Crippen molar-refractivity contribution in [2.75, 3.05) is 13.1 Å². The van der Waals surface area contributed by atoms with E-state index < -0.39 is 5.97 Å². The second kappa shape index (κ2) is 8.06. The van der Waals surface area contributed by atoms with Gasteiger partial charge in [0.15, 0.2) is 6.33 Å². The molecule has 0 saturated heterocycles. The monoisotopic (exact) mass is 270 g/mol. The number of hydrogen-bond acceptors (Lipinski definition) is 5. The molecule has 8 nitrogen and oxygen atoms in total. The molecule has 0 radical (unpaired) electrons. The zero-order valence-corrected chi connectivity index (χ0v) is 10.8. The van der Waals surface area contributed by atoms with Gasteiger partial charge in [0.25, 0.3) is 0 Å². The normalized spacial score (nSPS) is 11.8. The van der Waals surface area contributed by atoms with Gasteiger partial charge < -0.3 is 20.3 Å². The lowest BCUT2D eigenvalue weighted by Crippen LogP contribution is -2.38. The fourth-order valence-electron chi connectivity index (χ4n) is 1.39. The lowest BCUT2D eigenvalue weighted by molar-refractivity contribution is -0.137. The van der Waals surface area contributed by atoms with Crippen LogP contribution in [0.1, 0.15) is 25.7 Å². The Morgan fingerprint density at radius 1 is 1.47 bits per heavy atom. The van der Waals surface area contributed by atoms with Gasteiger partial charge in [-0.25, -0.2) is 4.79 Å². The molecule has 19 heavy (non-hydrogen) atoms. The molecule has 1 aromatic rings. The van der Waals surface area contributed by atoms with Crippen molar-refractivity contribution in [1.82, 2.24) is 20.8 Å². The van der Waals surface area contributed by atoms with E-state index in [-0.39, 0.29) is 18.4 Å². The predicted octanol–water partition coefficient (Wildman–Crippen LogP) is 0.412. The highest BCUT2D eigenvalue weighted by Crippen LogP contribution is 2.03. The second-order valence-electron chi connectivity index (χ2n) is 4.26. The Balaban J connectivity index is 2.05. The standard InChI is InChI=1S/C11H18N4O4/c1-8(2-3-10(16)17)6-13-11(18)12-5-4-9-14-7-15-19-9/h7-8H,2-6H2,1H3,(H,16,17)(H2,12,13,18). The molecular weight excluding hydrogens is 252 g/mol. The number of amides is 2. The minimum absolute atomic E-state index is 0.113. The topological polar surface area (TPSA) is 117 Å². The third-order valence-electron chi connectivity index (χ3n) is 2.49. The fourth-order valence-corrected chi connectivity index (χ4v) is 1.39. The Labute approximate surface area is 110 Å². The summed E-state index contributed by atoms with van der Waals surface area (Å²) in [5, 5.41) is 17.3. The Bertz CT molecular complexity index is 393. The first-order valence-electron chi connectivity index (χ1n) is 6.07. The van der Waals surface area contributed by atoms with Gasteiger partial charge in [0.1, 0.15) is 0 Å². The number of nitrogens with zero attached hydrogens (tertiary/aromatic N) is 2. The molecule has 8 heteroatoms. The Morgan fingerprint density at radius 3 is 2.89 bits per heavy atom. The molecule has 0 aliphatic rings. The number of aromatic nitrogens is 2. The molecular formula is C11H18N4O4. The summed E-state index contributed by atoms with van der Waals surface area (Å²) in [5.41, 5.74) is 0. The Kier molecular flexibility index (Phi) is 6.34. The fraction of sp³-hybridized carbons (Fsp3) is 0.636. The summed E-state index contributed by atoms with van der Waals surface area (Å²) < 4.78 is 4.78. The highest BCUT2D eigenvalue weighted by Gasteiger charge is 2.07. The molecule has 0 fully saturated rings. The van der Waals surface area contributed by atoms with E-state index in [1.165, 1.54) is 6.33 Å². The van der Waals surface area contributed by atoms with Gasteiger partial charge in [-0.05, 0) is 12.3 Å². The SMILES string of the molecule is CC(CCC(=O)O)CNC(=O)NCCc1ncno1. The predicted molar refractivity (Wildman–Crippen MR) is 65.4 cm³/mol. The highest BCUT2D eigenvalue weighted by atomic mass is 16.5. The number of hydrogen-bond donors (Lipinski definition) is 3. The zero-order chi connectivity index (χ0) is 14.1. The summed E-state index contributed by atoms with van der Waals surface area (Å²) in [4.78, 5) is 25.6. The van der Waals surface area contributed by atoms with Crippen LogP contribution in [-0.4, -0.2) is 40.3 Å². The third kappa shape index (κ3) is 7.02. The molecule has 0 aliphatic heterocycles. The Morgan fingerprint density at radius 2 is 2.26 bits per heavy atom. The second-order valence-corrected chi connectivity index (χ2v) is 4.26. The summed E-state index contributed by atoms with van der Waals surface area (Å²) in [6.07, 6.45) is 2.43.